The molecule has 0 saturated heterocycles. The first-order chi connectivity index (χ1) is 6.90. The Morgan fingerprint density at radius 1 is 1.47 bits per heavy atom. The van der Waals surface area contributed by atoms with Gasteiger partial charge in [-0.3, -0.25) is 4.79 Å². The first-order valence-electron chi connectivity index (χ1n) is 4.70. The molecule has 0 rings (SSSR count). The van der Waals surface area contributed by atoms with E-state index in [9.17, 15) is 14.7 Å². The molecule has 0 aliphatic heterocycles. The predicted octanol–water partition coefficient (Wildman–Crippen LogP) is 0.0814. The number of aliphatic hydroxyl groups is 1. The fourth-order valence-corrected chi connectivity index (χ4v) is 1.43. The number of amides is 1. The Hall–Kier alpha value is -0.750. The summed E-state index contributed by atoms with van der Waals surface area (Å²) in [6.45, 7) is 2.89. The van der Waals surface area contributed by atoms with Crippen LogP contribution in [-0.2, 0) is 9.59 Å². The Labute approximate surface area is 93.2 Å². The molecule has 0 aliphatic rings. The number of nitrogens with one attached hydrogen (secondary N) is 1. The van der Waals surface area contributed by atoms with Crippen molar-refractivity contribution >= 4 is 23.6 Å². The maximum absolute atomic E-state index is 11.2. The van der Waals surface area contributed by atoms with Gasteiger partial charge in [-0.05, 0) is 19.1 Å². The molecule has 0 spiro atoms. The zero-order chi connectivity index (χ0) is 11.9. The molecule has 0 aromatic carbocycles. The molecule has 1 atom stereocenters. The van der Waals surface area contributed by atoms with Crippen LogP contribution < -0.4 is 5.32 Å². The van der Waals surface area contributed by atoms with Crippen LogP contribution in [0.2, 0.25) is 0 Å². The van der Waals surface area contributed by atoms with Gasteiger partial charge in [-0.1, -0.05) is 6.92 Å². The van der Waals surface area contributed by atoms with Crippen molar-refractivity contribution in [1.82, 2.24) is 5.32 Å². The van der Waals surface area contributed by atoms with Gasteiger partial charge in [0.15, 0.2) is 5.60 Å². The number of thioether (sulfide) groups is 1. The maximum Gasteiger partial charge on any atom is 0.337 e. The lowest BCUT2D eigenvalue weighted by atomic mass is 10.1. The van der Waals surface area contributed by atoms with Crippen LogP contribution in [-0.4, -0.2) is 45.7 Å². The van der Waals surface area contributed by atoms with E-state index >= 15 is 0 Å². The molecule has 88 valence electrons. The number of hydrogen-bond donors (Lipinski definition) is 3. The van der Waals surface area contributed by atoms with Gasteiger partial charge in [0.2, 0.25) is 5.91 Å². The lowest BCUT2D eigenvalue weighted by molar-refractivity contribution is -0.156. The minimum atomic E-state index is -1.90. The Morgan fingerprint density at radius 3 is 2.53 bits per heavy atom. The van der Waals surface area contributed by atoms with Gasteiger partial charge >= 0.3 is 5.97 Å². The second-order valence-corrected chi connectivity index (χ2v) is 4.51. The quantitative estimate of drug-likeness (QED) is 0.544. The number of hydrogen-bond acceptors (Lipinski definition) is 4. The van der Waals surface area contributed by atoms with Crippen molar-refractivity contribution in [3.8, 4) is 0 Å². The third-order valence-corrected chi connectivity index (χ3v) is 2.84. The second kappa shape index (κ2) is 6.68. The van der Waals surface area contributed by atoms with Crippen LogP contribution in [0.1, 0.15) is 20.3 Å². The Balaban J connectivity index is 3.75. The average molecular weight is 235 g/mol. The van der Waals surface area contributed by atoms with Gasteiger partial charge in [0.1, 0.15) is 0 Å². The summed E-state index contributed by atoms with van der Waals surface area (Å²) in [5, 5.41) is 20.2. The van der Waals surface area contributed by atoms with E-state index in [2.05, 4.69) is 5.32 Å². The third kappa shape index (κ3) is 6.35. The monoisotopic (exact) mass is 235 g/mol. The molecule has 0 aromatic heterocycles. The zero-order valence-electron chi connectivity index (χ0n) is 8.95. The number of carbonyl (C=O) groups excluding carboxylic acids is 1. The summed E-state index contributed by atoms with van der Waals surface area (Å²) in [7, 11) is 0. The van der Waals surface area contributed by atoms with E-state index in [-0.39, 0.29) is 12.5 Å². The van der Waals surface area contributed by atoms with Gasteiger partial charge in [0.05, 0.1) is 12.3 Å². The Kier molecular flexibility index (Phi) is 6.35. The number of carbonyl (C=O) groups is 2. The largest absolute Gasteiger partial charge is 0.479 e. The van der Waals surface area contributed by atoms with Gasteiger partial charge in [-0.25, -0.2) is 4.79 Å². The average Bonchev–Trinajstić information content (AvgIpc) is 2.15. The van der Waals surface area contributed by atoms with Crippen LogP contribution in [0.15, 0.2) is 0 Å². The topological polar surface area (TPSA) is 86.6 Å². The highest BCUT2D eigenvalue weighted by Crippen LogP contribution is 2.03. The molecule has 0 bridgehead atoms. The predicted molar refractivity (Wildman–Crippen MR) is 58.9 cm³/mol. The fourth-order valence-electron chi connectivity index (χ4n) is 0.707. The highest BCUT2D eigenvalue weighted by atomic mass is 32.2. The van der Waals surface area contributed by atoms with Crippen LogP contribution >= 0.6 is 11.8 Å². The van der Waals surface area contributed by atoms with Gasteiger partial charge in [0, 0.05) is 0 Å². The van der Waals surface area contributed by atoms with Gasteiger partial charge < -0.3 is 15.5 Å². The van der Waals surface area contributed by atoms with Crippen LogP contribution in [0.3, 0.4) is 0 Å². The molecule has 1 amide bonds. The summed E-state index contributed by atoms with van der Waals surface area (Å²) < 4.78 is 0. The van der Waals surface area contributed by atoms with E-state index in [1.54, 1.807) is 0 Å². The molecule has 0 heterocycles. The SMILES string of the molecule is CCCSCC(=O)NCC(C)(O)C(=O)O. The first-order valence-corrected chi connectivity index (χ1v) is 5.86. The highest BCUT2D eigenvalue weighted by molar-refractivity contribution is 7.99. The van der Waals surface area contributed by atoms with Crippen molar-refractivity contribution < 1.29 is 19.8 Å². The Morgan fingerprint density at radius 2 is 2.07 bits per heavy atom. The fraction of sp³-hybridized carbons (Fsp3) is 0.778. The van der Waals surface area contributed by atoms with Crippen LogP contribution in [0, 0.1) is 0 Å². The van der Waals surface area contributed by atoms with Crippen molar-refractivity contribution in [2.24, 2.45) is 0 Å². The highest BCUT2D eigenvalue weighted by Gasteiger charge is 2.30. The molecular weight excluding hydrogens is 218 g/mol. The molecule has 0 saturated carbocycles. The van der Waals surface area contributed by atoms with Crippen molar-refractivity contribution in [2.75, 3.05) is 18.1 Å². The molecule has 15 heavy (non-hydrogen) atoms. The van der Waals surface area contributed by atoms with E-state index < -0.39 is 11.6 Å². The lowest BCUT2D eigenvalue weighted by Gasteiger charge is -2.18. The van der Waals surface area contributed by atoms with E-state index in [0.717, 1.165) is 19.1 Å². The van der Waals surface area contributed by atoms with Crippen LogP contribution in [0.4, 0.5) is 0 Å². The van der Waals surface area contributed by atoms with Crippen LogP contribution in [0.25, 0.3) is 0 Å². The molecule has 5 nitrogen and oxygen atoms in total. The summed E-state index contributed by atoms with van der Waals surface area (Å²) >= 11 is 1.48. The number of aliphatic carboxylic acids is 1. The van der Waals surface area contributed by atoms with Gasteiger partial charge in [-0.15, -0.1) is 0 Å². The minimum absolute atomic E-state index is 0.255. The van der Waals surface area contributed by atoms with Crippen molar-refractivity contribution in [3.05, 3.63) is 0 Å². The van der Waals surface area contributed by atoms with Crippen molar-refractivity contribution in [3.63, 3.8) is 0 Å². The number of carboxylic acid groups (broad SMARTS) is 1. The summed E-state index contributed by atoms with van der Waals surface area (Å²) in [5.41, 5.74) is -1.90. The van der Waals surface area contributed by atoms with E-state index in [1.165, 1.54) is 11.8 Å². The zero-order valence-corrected chi connectivity index (χ0v) is 9.76. The lowest BCUT2D eigenvalue weighted by Crippen LogP contribution is -2.46. The summed E-state index contributed by atoms with van der Waals surface area (Å²) in [4.78, 5) is 21.6. The molecule has 0 aromatic rings. The van der Waals surface area contributed by atoms with Crippen molar-refractivity contribution in [1.29, 1.82) is 0 Å². The molecular formula is C9H17NO4S. The standard InChI is InChI=1S/C9H17NO4S/c1-3-4-15-5-7(11)10-6-9(2,14)8(12)13/h14H,3-6H2,1-2H3,(H,10,11)(H,12,13). The van der Waals surface area contributed by atoms with Crippen molar-refractivity contribution in [2.45, 2.75) is 25.9 Å². The van der Waals surface area contributed by atoms with Gasteiger partial charge in [-0.2, -0.15) is 11.8 Å². The normalized spacial score (nSPS) is 14.3. The third-order valence-electron chi connectivity index (χ3n) is 1.67. The minimum Gasteiger partial charge on any atom is -0.479 e. The van der Waals surface area contributed by atoms with E-state index in [4.69, 9.17) is 5.11 Å². The van der Waals surface area contributed by atoms with E-state index in [0.29, 0.717) is 5.75 Å². The molecule has 1 unspecified atom stereocenters. The molecule has 0 radical (unpaired) electrons. The van der Waals surface area contributed by atoms with Gasteiger partial charge in [0.25, 0.3) is 0 Å². The van der Waals surface area contributed by atoms with E-state index in [1.807, 2.05) is 6.92 Å². The number of carboxylic acids is 1. The molecule has 0 fully saturated rings. The first kappa shape index (κ1) is 14.2. The summed E-state index contributed by atoms with van der Waals surface area (Å²) in [6.07, 6.45) is 0.991. The Bertz CT molecular complexity index is 230. The second-order valence-electron chi connectivity index (χ2n) is 3.41. The summed E-state index contributed by atoms with van der Waals surface area (Å²) in [6, 6.07) is 0. The molecule has 0 aliphatic carbocycles. The smallest absolute Gasteiger partial charge is 0.337 e. The number of rotatable bonds is 7. The molecule has 3 N–H and O–H groups in total. The summed E-state index contributed by atoms with van der Waals surface area (Å²) in [5.74, 6) is -0.411. The molecule has 6 heteroatoms. The van der Waals surface area contributed by atoms with Crippen LogP contribution in [0.5, 0.6) is 0 Å². The maximum atomic E-state index is 11.2.